The van der Waals surface area contributed by atoms with Gasteiger partial charge in [-0.05, 0) is 12.2 Å². The molecule has 0 bridgehead atoms. The zero-order valence-electron chi connectivity index (χ0n) is 5.38. The molecule has 0 aliphatic carbocycles. The Bertz CT molecular complexity index is 106. The molecule has 0 saturated heterocycles. The van der Waals surface area contributed by atoms with Crippen molar-refractivity contribution in [3.05, 3.63) is 0 Å². The van der Waals surface area contributed by atoms with Crippen LogP contribution in [-0.2, 0) is 4.79 Å². The minimum absolute atomic E-state index is 0.336. The Morgan fingerprint density at radius 1 is 1.80 bits per heavy atom. The highest BCUT2D eigenvalue weighted by molar-refractivity contribution is 7.80. The summed E-state index contributed by atoms with van der Waals surface area (Å²) in [5, 5.41) is 10.5. The number of nitrogens with one attached hydrogen (secondary N) is 1. The summed E-state index contributed by atoms with van der Waals surface area (Å²) in [6.45, 7) is -0.815. The number of thiol groups is 1. The van der Waals surface area contributed by atoms with Crippen molar-refractivity contribution < 1.29 is 14.3 Å². The molecule has 5 heteroatoms. The van der Waals surface area contributed by atoms with Crippen molar-refractivity contribution in [2.75, 3.05) is 12.6 Å². The minimum Gasteiger partial charge on any atom is -0.480 e. The molecular formula is C5H10FNO2S. The van der Waals surface area contributed by atoms with Gasteiger partial charge in [-0.3, -0.25) is 10.1 Å². The lowest BCUT2D eigenvalue weighted by atomic mass is 10.2. The molecule has 0 rings (SSSR count). The van der Waals surface area contributed by atoms with E-state index in [2.05, 4.69) is 17.9 Å². The standard InChI is InChI=1S/C5H10FNO2S/c6-3-7-4(1-2-10)5(8)9/h4,7,10H,1-3H2,(H,8,9)/t4-/m0/s1. The first kappa shape index (κ1) is 9.71. The van der Waals surface area contributed by atoms with Crippen molar-refractivity contribution >= 4 is 18.6 Å². The average molecular weight is 167 g/mol. The summed E-state index contributed by atoms with van der Waals surface area (Å²) in [5.74, 6) is -0.601. The van der Waals surface area contributed by atoms with Crippen LogP contribution in [-0.4, -0.2) is 29.7 Å². The number of carboxylic acids is 1. The second-order valence-electron chi connectivity index (χ2n) is 1.74. The van der Waals surface area contributed by atoms with E-state index in [9.17, 15) is 9.18 Å². The molecule has 0 aliphatic heterocycles. The Morgan fingerprint density at radius 3 is 2.70 bits per heavy atom. The van der Waals surface area contributed by atoms with Crippen LogP contribution in [0.4, 0.5) is 4.39 Å². The molecule has 2 N–H and O–H groups in total. The summed E-state index contributed by atoms with van der Waals surface area (Å²) < 4.78 is 11.5. The van der Waals surface area contributed by atoms with Gasteiger partial charge in [0.05, 0.1) is 0 Å². The molecule has 0 heterocycles. The van der Waals surface area contributed by atoms with Gasteiger partial charge in [0.2, 0.25) is 0 Å². The number of rotatable bonds is 5. The van der Waals surface area contributed by atoms with Gasteiger partial charge in [0.15, 0.2) is 0 Å². The fourth-order valence-electron chi connectivity index (χ4n) is 0.535. The molecule has 0 saturated carbocycles. The molecule has 0 aromatic carbocycles. The Morgan fingerprint density at radius 2 is 2.40 bits per heavy atom. The van der Waals surface area contributed by atoms with Crippen LogP contribution in [0.1, 0.15) is 6.42 Å². The van der Waals surface area contributed by atoms with Gasteiger partial charge in [-0.2, -0.15) is 12.6 Å². The van der Waals surface area contributed by atoms with Crippen LogP contribution in [0.15, 0.2) is 0 Å². The summed E-state index contributed by atoms with van der Waals surface area (Å²) in [6, 6.07) is -0.803. The lowest BCUT2D eigenvalue weighted by molar-refractivity contribution is -0.139. The normalized spacial score (nSPS) is 13.0. The fraction of sp³-hybridized carbons (Fsp3) is 0.800. The van der Waals surface area contributed by atoms with E-state index in [0.717, 1.165) is 0 Å². The molecule has 0 radical (unpaired) electrons. The monoisotopic (exact) mass is 167 g/mol. The van der Waals surface area contributed by atoms with Gasteiger partial charge in [-0.1, -0.05) is 0 Å². The van der Waals surface area contributed by atoms with Crippen LogP contribution in [0.25, 0.3) is 0 Å². The van der Waals surface area contributed by atoms with E-state index < -0.39 is 18.8 Å². The van der Waals surface area contributed by atoms with Crippen LogP contribution in [0, 0.1) is 0 Å². The third-order valence-electron chi connectivity index (χ3n) is 1.04. The molecule has 0 aromatic heterocycles. The maximum Gasteiger partial charge on any atom is 0.320 e. The molecule has 0 spiro atoms. The van der Waals surface area contributed by atoms with E-state index in [1.54, 1.807) is 0 Å². The molecule has 0 aromatic rings. The van der Waals surface area contributed by atoms with Gasteiger partial charge in [0.1, 0.15) is 12.8 Å². The first-order valence-electron chi connectivity index (χ1n) is 2.85. The van der Waals surface area contributed by atoms with Crippen LogP contribution in [0.2, 0.25) is 0 Å². The number of hydrogen-bond donors (Lipinski definition) is 3. The van der Waals surface area contributed by atoms with Gasteiger partial charge < -0.3 is 5.11 Å². The van der Waals surface area contributed by atoms with Crippen molar-refractivity contribution in [2.24, 2.45) is 0 Å². The Hall–Kier alpha value is -0.290. The van der Waals surface area contributed by atoms with E-state index in [4.69, 9.17) is 5.11 Å². The maximum atomic E-state index is 11.5. The Kier molecular flexibility index (Phi) is 5.33. The minimum atomic E-state index is -1.04. The van der Waals surface area contributed by atoms with Gasteiger partial charge in [0.25, 0.3) is 0 Å². The first-order valence-corrected chi connectivity index (χ1v) is 3.48. The zero-order valence-corrected chi connectivity index (χ0v) is 6.27. The fourth-order valence-corrected chi connectivity index (χ4v) is 0.793. The predicted octanol–water partition coefficient (Wildman–Crippen LogP) is 0.276. The average Bonchev–Trinajstić information content (AvgIpc) is 1.87. The van der Waals surface area contributed by atoms with Gasteiger partial charge in [-0.25, -0.2) is 4.39 Å². The smallest absolute Gasteiger partial charge is 0.320 e. The largest absolute Gasteiger partial charge is 0.480 e. The van der Waals surface area contributed by atoms with Crippen LogP contribution in [0.5, 0.6) is 0 Å². The van der Waals surface area contributed by atoms with Crippen molar-refractivity contribution in [2.45, 2.75) is 12.5 Å². The second-order valence-corrected chi connectivity index (χ2v) is 2.19. The summed E-state index contributed by atoms with van der Waals surface area (Å²) in [4.78, 5) is 10.2. The van der Waals surface area contributed by atoms with Crippen molar-refractivity contribution in [1.29, 1.82) is 0 Å². The molecule has 60 valence electrons. The molecule has 1 atom stereocenters. The lowest BCUT2D eigenvalue weighted by Gasteiger charge is -2.08. The highest BCUT2D eigenvalue weighted by atomic mass is 32.1. The van der Waals surface area contributed by atoms with Gasteiger partial charge >= 0.3 is 5.97 Å². The van der Waals surface area contributed by atoms with Crippen molar-refractivity contribution in [1.82, 2.24) is 5.32 Å². The molecule has 0 fully saturated rings. The van der Waals surface area contributed by atoms with Gasteiger partial charge in [-0.15, -0.1) is 0 Å². The van der Waals surface area contributed by atoms with E-state index in [-0.39, 0.29) is 0 Å². The van der Waals surface area contributed by atoms with Crippen LogP contribution in [0.3, 0.4) is 0 Å². The third-order valence-corrected chi connectivity index (χ3v) is 1.30. The first-order chi connectivity index (χ1) is 4.72. The Balaban J connectivity index is 3.61. The Labute approximate surface area is 64.0 Å². The number of carboxylic acid groups (broad SMARTS) is 1. The van der Waals surface area contributed by atoms with E-state index in [0.29, 0.717) is 12.2 Å². The number of halogens is 1. The van der Waals surface area contributed by atoms with Crippen molar-refractivity contribution in [3.63, 3.8) is 0 Å². The molecule has 0 aliphatic rings. The van der Waals surface area contributed by atoms with Gasteiger partial charge in [0, 0.05) is 0 Å². The molecule has 3 nitrogen and oxygen atoms in total. The lowest BCUT2D eigenvalue weighted by Crippen LogP contribution is -2.36. The molecule has 0 amide bonds. The highest BCUT2D eigenvalue weighted by Gasteiger charge is 2.14. The summed E-state index contributed by atoms with van der Waals surface area (Å²) in [7, 11) is 0. The van der Waals surface area contributed by atoms with E-state index >= 15 is 0 Å². The van der Waals surface area contributed by atoms with E-state index in [1.807, 2.05) is 0 Å². The quantitative estimate of drug-likeness (QED) is 0.407. The zero-order chi connectivity index (χ0) is 7.98. The molecule has 10 heavy (non-hydrogen) atoms. The number of hydrogen-bond acceptors (Lipinski definition) is 3. The number of carbonyl (C=O) groups is 1. The third kappa shape index (κ3) is 3.68. The number of aliphatic carboxylic acids is 1. The number of alkyl halides is 1. The summed E-state index contributed by atoms with van der Waals surface area (Å²) >= 11 is 3.82. The molecule has 0 unspecified atom stereocenters. The van der Waals surface area contributed by atoms with Crippen molar-refractivity contribution in [3.8, 4) is 0 Å². The van der Waals surface area contributed by atoms with Crippen LogP contribution < -0.4 is 5.32 Å². The maximum absolute atomic E-state index is 11.5. The summed E-state index contributed by atoms with van der Waals surface area (Å²) in [5.41, 5.74) is 0. The molecular weight excluding hydrogens is 157 g/mol. The van der Waals surface area contributed by atoms with Crippen LogP contribution >= 0.6 is 12.6 Å². The topological polar surface area (TPSA) is 49.3 Å². The predicted molar refractivity (Wildman–Crippen MR) is 39.0 cm³/mol. The van der Waals surface area contributed by atoms with E-state index in [1.165, 1.54) is 0 Å². The summed E-state index contributed by atoms with van der Waals surface area (Å²) in [6.07, 6.45) is 0.336. The highest BCUT2D eigenvalue weighted by Crippen LogP contribution is 1.93. The second kappa shape index (κ2) is 5.49. The SMILES string of the molecule is O=C(O)[C@H](CCS)NCF.